The molecule has 1 heterocycles. The smallest absolute Gasteiger partial charge is 0.0462 e. The van der Waals surface area contributed by atoms with Gasteiger partial charge in [-0.15, -0.1) is 11.3 Å². The minimum atomic E-state index is 0.696. The summed E-state index contributed by atoms with van der Waals surface area (Å²) in [5, 5.41) is 0. The number of anilines is 6. The lowest BCUT2D eigenvalue weighted by molar-refractivity contribution is 1.28. The van der Waals surface area contributed by atoms with Crippen LogP contribution in [0.3, 0.4) is 0 Å². The molecule has 2 nitrogen and oxygen atoms in total. The van der Waals surface area contributed by atoms with E-state index in [1.165, 1.54) is 48.7 Å². The first-order valence-electron chi connectivity index (χ1n) is 28.3. The highest BCUT2D eigenvalue weighted by atomic mass is 32.1. The van der Waals surface area contributed by atoms with Crippen LogP contribution < -0.4 is 9.80 Å². The molecule has 0 spiro atoms. The van der Waals surface area contributed by atoms with Crippen molar-refractivity contribution < 1.29 is 0 Å². The number of hydrogen-bond acceptors (Lipinski definition) is 4. The van der Waals surface area contributed by atoms with Crippen molar-refractivity contribution in [2.45, 2.75) is 6.42 Å². The summed E-state index contributed by atoms with van der Waals surface area (Å²) in [6.07, 6.45) is 13.0. The summed E-state index contributed by atoms with van der Waals surface area (Å²) in [5.74, 6) is 0. The van der Waals surface area contributed by atoms with Crippen LogP contribution in [0.15, 0.2) is 346 Å². The highest BCUT2D eigenvalue weighted by Crippen LogP contribution is 2.41. The van der Waals surface area contributed by atoms with Gasteiger partial charge in [-0.05, 0) is 157 Å². The van der Waals surface area contributed by atoms with Gasteiger partial charge in [0.25, 0.3) is 0 Å². The van der Waals surface area contributed by atoms with E-state index in [0.29, 0.717) is 6.42 Å². The molecule has 11 aromatic carbocycles. The number of thiocarbonyl (C=S) groups is 1. The fraction of sp³-hybridized carbons (Fsp3) is 0.0125. The molecule has 1 aromatic heterocycles. The van der Waals surface area contributed by atoms with Gasteiger partial charge in [0, 0.05) is 55.2 Å². The van der Waals surface area contributed by atoms with E-state index in [1.807, 2.05) is 35.6 Å². The Balaban J connectivity index is 0.810. The van der Waals surface area contributed by atoms with Gasteiger partial charge >= 0.3 is 0 Å². The third kappa shape index (κ3) is 12.9. The van der Waals surface area contributed by atoms with Gasteiger partial charge in [-0.25, -0.2) is 0 Å². The molecule has 0 unspecified atom stereocenters. The minimum absolute atomic E-state index is 0.696. The van der Waals surface area contributed by atoms with E-state index in [2.05, 4.69) is 332 Å². The standard InChI is InChI=1S/C80H60N2S2/c1-2-59(18-16-28-78(83)69-24-11-5-12-25-69)17-15-19-60-29-45-72(46-30-60)81(73-51-39-66(40-52-73)63-31-33-71(34-32-63)80-58-57-79(84-80)70-26-13-6-14-27-70)74-53-41-67(42-54-74)68-43-55-77(56-44-68)82(75-47-35-64(36-48-75)61-20-7-3-8-21-61)76-49-37-65(38-50-76)62-22-9-4-10-23-62/h2-27,29-58H,1,28H2/b18-16+,19-15+,59-17+. The quantitative estimate of drug-likeness (QED) is 0.0453. The Bertz CT molecular complexity index is 4120. The van der Waals surface area contributed by atoms with Crippen molar-refractivity contribution in [1.29, 1.82) is 0 Å². The van der Waals surface area contributed by atoms with Gasteiger partial charge in [0.05, 0.1) is 0 Å². The van der Waals surface area contributed by atoms with Crippen molar-refractivity contribution in [3.05, 3.63) is 357 Å². The molecule has 0 fully saturated rings. The topological polar surface area (TPSA) is 6.48 Å². The largest absolute Gasteiger partial charge is 0.311 e. The van der Waals surface area contributed by atoms with E-state index >= 15 is 0 Å². The predicted molar refractivity (Wildman–Crippen MR) is 366 cm³/mol. The highest BCUT2D eigenvalue weighted by Gasteiger charge is 2.17. The molecule has 0 bridgehead atoms. The van der Waals surface area contributed by atoms with Crippen LogP contribution in [0.4, 0.5) is 34.1 Å². The second-order valence-electron chi connectivity index (χ2n) is 20.5. The van der Waals surface area contributed by atoms with E-state index in [9.17, 15) is 0 Å². The zero-order valence-electron chi connectivity index (χ0n) is 46.5. The highest BCUT2D eigenvalue weighted by molar-refractivity contribution is 7.80. The van der Waals surface area contributed by atoms with Crippen molar-refractivity contribution in [1.82, 2.24) is 0 Å². The van der Waals surface area contributed by atoms with Gasteiger partial charge in [-0.2, -0.15) is 0 Å². The lowest BCUT2D eigenvalue weighted by Gasteiger charge is -2.27. The molecule has 0 radical (unpaired) electrons. The van der Waals surface area contributed by atoms with Crippen LogP contribution in [0, 0.1) is 0 Å². The Morgan fingerprint density at radius 1 is 0.345 bits per heavy atom. The normalized spacial score (nSPS) is 11.5. The third-order valence-corrected chi connectivity index (χ3v) is 16.6. The summed E-state index contributed by atoms with van der Waals surface area (Å²) < 4.78 is 0. The van der Waals surface area contributed by atoms with Crippen molar-refractivity contribution in [3.63, 3.8) is 0 Å². The average molecular weight is 1110 g/mol. The molecule has 402 valence electrons. The molecular formula is C80H60N2S2. The predicted octanol–water partition coefficient (Wildman–Crippen LogP) is 23.2. The van der Waals surface area contributed by atoms with E-state index < -0.39 is 0 Å². The van der Waals surface area contributed by atoms with Crippen LogP contribution in [0.2, 0.25) is 0 Å². The van der Waals surface area contributed by atoms with E-state index in [1.54, 1.807) is 0 Å². The van der Waals surface area contributed by atoms with Crippen LogP contribution in [-0.4, -0.2) is 4.86 Å². The lowest BCUT2D eigenvalue weighted by Crippen LogP contribution is -2.10. The third-order valence-electron chi connectivity index (χ3n) is 15.0. The van der Waals surface area contributed by atoms with Crippen molar-refractivity contribution in [2.24, 2.45) is 0 Å². The van der Waals surface area contributed by atoms with Gasteiger partial charge < -0.3 is 9.80 Å². The molecule has 0 aliphatic rings. The lowest BCUT2D eigenvalue weighted by atomic mass is 10.0. The van der Waals surface area contributed by atoms with Gasteiger partial charge in [-0.3, -0.25) is 0 Å². The van der Waals surface area contributed by atoms with E-state index in [0.717, 1.165) is 72.4 Å². The molecular weight excluding hydrogens is 1050 g/mol. The van der Waals surface area contributed by atoms with Crippen LogP contribution in [0.25, 0.3) is 71.5 Å². The SMILES string of the molecule is C=CC(/C=C/CC(=S)c1ccccc1)=C\C=C\c1ccc(N(c2ccc(-c3ccc(-c4ccc(-c5ccccc5)s4)cc3)cc2)c2ccc(-c3ccc(N(c4ccc(-c5ccccc5)cc4)c4ccc(-c5ccccc5)cc4)cc3)cc2)cc1. The van der Waals surface area contributed by atoms with Crippen molar-refractivity contribution in [3.8, 4) is 65.4 Å². The summed E-state index contributed by atoms with van der Waals surface area (Å²) in [6, 6.07) is 109. The van der Waals surface area contributed by atoms with Crippen LogP contribution >= 0.6 is 23.6 Å². The van der Waals surface area contributed by atoms with Gasteiger partial charge in [0.2, 0.25) is 0 Å². The molecule has 4 heteroatoms. The summed E-state index contributed by atoms with van der Waals surface area (Å²) >= 11 is 7.51. The molecule has 84 heavy (non-hydrogen) atoms. The van der Waals surface area contributed by atoms with E-state index in [-0.39, 0.29) is 0 Å². The molecule has 12 aromatic rings. The zero-order valence-corrected chi connectivity index (χ0v) is 48.1. The summed E-state index contributed by atoms with van der Waals surface area (Å²) in [4.78, 5) is 8.12. The van der Waals surface area contributed by atoms with Gasteiger partial charge in [-0.1, -0.05) is 274 Å². The van der Waals surface area contributed by atoms with Crippen molar-refractivity contribution in [2.75, 3.05) is 9.80 Å². The molecule has 0 N–H and O–H groups in total. The Labute approximate surface area is 503 Å². The maximum absolute atomic E-state index is 5.68. The Morgan fingerprint density at radius 3 is 1.01 bits per heavy atom. The summed E-state index contributed by atoms with van der Waals surface area (Å²) in [7, 11) is 0. The molecule has 0 saturated heterocycles. The summed E-state index contributed by atoms with van der Waals surface area (Å²) in [6.45, 7) is 4.06. The average Bonchev–Trinajstić information content (AvgIpc) is 4.21. The molecule has 0 saturated carbocycles. The van der Waals surface area contributed by atoms with E-state index in [4.69, 9.17) is 12.2 Å². The molecule has 12 rings (SSSR count). The first-order chi connectivity index (χ1) is 41.5. The first kappa shape index (κ1) is 54.4. The fourth-order valence-corrected chi connectivity index (χ4v) is 11.7. The monoisotopic (exact) mass is 1110 g/mol. The van der Waals surface area contributed by atoms with Crippen LogP contribution in [0.5, 0.6) is 0 Å². The number of benzene rings is 11. The van der Waals surface area contributed by atoms with Crippen molar-refractivity contribution >= 4 is 68.6 Å². The molecule has 0 amide bonds. The second-order valence-corrected chi connectivity index (χ2v) is 22.0. The Morgan fingerprint density at radius 2 is 0.643 bits per heavy atom. The number of allylic oxidation sites excluding steroid dienone is 6. The van der Waals surface area contributed by atoms with Gasteiger partial charge in [0.15, 0.2) is 0 Å². The first-order valence-corrected chi connectivity index (χ1v) is 29.6. The zero-order chi connectivity index (χ0) is 56.9. The molecule has 0 aliphatic heterocycles. The fourth-order valence-electron chi connectivity index (χ4n) is 10.5. The second kappa shape index (κ2) is 26.1. The maximum atomic E-state index is 5.68. The summed E-state index contributed by atoms with van der Waals surface area (Å²) in [5.41, 5.74) is 21.5. The maximum Gasteiger partial charge on any atom is 0.0462 e. The Hall–Kier alpha value is -10.2. The van der Waals surface area contributed by atoms with Gasteiger partial charge in [0.1, 0.15) is 0 Å². The van der Waals surface area contributed by atoms with Crippen LogP contribution in [-0.2, 0) is 0 Å². The number of hydrogen-bond donors (Lipinski definition) is 0. The molecule has 0 atom stereocenters. The van der Waals surface area contributed by atoms with Crippen LogP contribution in [0.1, 0.15) is 17.5 Å². The minimum Gasteiger partial charge on any atom is -0.311 e. The number of nitrogens with zero attached hydrogens (tertiary/aromatic N) is 2. The molecule has 0 aliphatic carbocycles. The number of rotatable bonds is 19. The number of thiophene rings is 1. The Kier molecular flexibility index (Phi) is 16.9.